The predicted molar refractivity (Wildman–Crippen MR) is 117 cm³/mol. The number of hydrogen-bond donors (Lipinski definition) is 0. The second-order valence-corrected chi connectivity index (χ2v) is 8.56. The minimum absolute atomic E-state index is 0.0462. The maximum atomic E-state index is 13.5. The van der Waals surface area contributed by atoms with E-state index in [0.717, 1.165) is 43.6 Å². The number of carbonyl (C=O) groups excluding carboxylic acids is 2. The highest BCUT2D eigenvalue weighted by molar-refractivity contribution is 5.89. The Bertz CT molecular complexity index is 842. The van der Waals surface area contributed by atoms with Gasteiger partial charge in [0.15, 0.2) is 0 Å². The highest BCUT2D eigenvalue weighted by Crippen LogP contribution is 2.31. The molecule has 1 aromatic carbocycles. The number of carbonyl (C=O) groups is 2. The number of ether oxygens (including phenoxy) is 1. The van der Waals surface area contributed by atoms with Gasteiger partial charge >= 0.3 is 0 Å². The van der Waals surface area contributed by atoms with Gasteiger partial charge in [-0.15, -0.1) is 0 Å². The zero-order valence-electron chi connectivity index (χ0n) is 18.2. The quantitative estimate of drug-likeness (QED) is 0.579. The summed E-state index contributed by atoms with van der Waals surface area (Å²) in [6, 6.07) is 13.8. The number of nitrogens with zero attached hydrogens (tertiary/aromatic N) is 2. The van der Waals surface area contributed by atoms with Crippen LogP contribution in [0.25, 0.3) is 0 Å². The number of hydrogen-bond acceptors (Lipinski definition) is 4. The van der Waals surface area contributed by atoms with E-state index in [2.05, 4.69) is 0 Å². The van der Waals surface area contributed by atoms with Crippen LogP contribution in [0.4, 0.5) is 0 Å². The smallest absolute Gasteiger partial charge is 0.242 e. The van der Waals surface area contributed by atoms with Crippen LogP contribution in [0, 0.1) is 0 Å². The van der Waals surface area contributed by atoms with Crippen LogP contribution in [0.15, 0.2) is 53.1 Å². The molecule has 4 rings (SSSR count). The molecule has 31 heavy (non-hydrogen) atoms. The molecule has 6 heteroatoms. The average molecular weight is 425 g/mol. The molecule has 1 saturated heterocycles. The number of rotatable bonds is 10. The van der Waals surface area contributed by atoms with Crippen molar-refractivity contribution in [2.24, 2.45) is 0 Å². The lowest BCUT2D eigenvalue weighted by Crippen LogP contribution is -2.47. The van der Waals surface area contributed by atoms with Crippen molar-refractivity contribution in [1.82, 2.24) is 9.80 Å². The molecule has 2 amide bonds. The fraction of sp³-hybridized carbons (Fsp3) is 0.520. The van der Waals surface area contributed by atoms with Gasteiger partial charge in [0, 0.05) is 19.2 Å². The van der Waals surface area contributed by atoms with Gasteiger partial charge in [0.25, 0.3) is 0 Å². The van der Waals surface area contributed by atoms with Gasteiger partial charge in [-0.2, -0.15) is 0 Å². The molecule has 6 nitrogen and oxygen atoms in total. The molecule has 1 aliphatic heterocycles. The molecular formula is C25H32N2O4. The van der Waals surface area contributed by atoms with Gasteiger partial charge in [0.1, 0.15) is 12.3 Å². The maximum absolute atomic E-state index is 13.5. The summed E-state index contributed by atoms with van der Waals surface area (Å²) >= 11 is 0. The highest BCUT2D eigenvalue weighted by Gasteiger charge is 2.38. The molecule has 166 valence electrons. The molecule has 2 aliphatic rings. The molecule has 1 saturated carbocycles. The van der Waals surface area contributed by atoms with E-state index < -0.39 is 0 Å². The fourth-order valence-electron chi connectivity index (χ4n) is 4.34. The van der Waals surface area contributed by atoms with Gasteiger partial charge < -0.3 is 19.0 Å². The topological polar surface area (TPSA) is 63.0 Å². The van der Waals surface area contributed by atoms with Crippen molar-refractivity contribution in [3.63, 3.8) is 0 Å². The van der Waals surface area contributed by atoms with E-state index in [4.69, 9.17) is 9.15 Å². The molecule has 0 N–H and O–H groups in total. The van der Waals surface area contributed by atoms with Crippen molar-refractivity contribution >= 4 is 11.8 Å². The Hall–Kier alpha value is -2.60. The Labute approximate surface area is 184 Å². The van der Waals surface area contributed by atoms with Gasteiger partial charge in [-0.3, -0.25) is 9.59 Å². The first-order valence-electron chi connectivity index (χ1n) is 11.4. The molecular weight excluding hydrogens is 392 g/mol. The van der Waals surface area contributed by atoms with Crippen LogP contribution in [0.1, 0.15) is 56.3 Å². The van der Waals surface area contributed by atoms with Crippen LogP contribution in [0.5, 0.6) is 0 Å². The van der Waals surface area contributed by atoms with Crippen molar-refractivity contribution < 1.29 is 18.7 Å². The molecule has 2 unspecified atom stereocenters. The zero-order chi connectivity index (χ0) is 21.6. The van der Waals surface area contributed by atoms with Gasteiger partial charge in [0.2, 0.25) is 11.8 Å². The Morgan fingerprint density at radius 2 is 1.90 bits per heavy atom. The first-order valence-corrected chi connectivity index (χ1v) is 11.4. The Kier molecular flexibility index (Phi) is 7.07. The van der Waals surface area contributed by atoms with Crippen LogP contribution in [0.3, 0.4) is 0 Å². The van der Waals surface area contributed by atoms with Crippen molar-refractivity contribution in [2.45, 2.75) is 63.6 Å². The van der Waals surface area contributed by atoms with E-state index >= 15 is 0 Å². The lowest BCUT2D eigenvalue weighted by atomic mass is 9.95. The monoisotopic (exact) mass is 424 g/mol. The lowest BCUT2D eigenvalue weighted by Gasteiger charge is -2.31. The Morgan fingerprint density at radius 3 is 2.52 bits per heavy atom. The second kappa shape index (κ2) is 10.1. The molecule has 2 heterocycles. The van der Waals surface area contributed by atoms with E-state index in [9.17, 15) is 9.59 Å². The zero-order valence-corrected chi connectivity index (χ0v) is 18.2. The number of benzene rings is 1. The largest absolute Gasteiger partial charge is 0.467 e. The van der Waals surface area contributed by atoms with Gasteiger partial charge in [-0.1, -0.05) is 37.3 Å². The number of furan rings is 1. The van der Waals surface area contributed by atoms with Crippen LogP contribution in [-0.2, 0) is 20.9 Å². The predicted octanol–water partition coefficient (Wildman–Crippen LogP) is 3.97. The maximum Gasteiger partial charge on any atom is 0.242 e. The highest BCUT2D eigenvalue weighted by atomic mass is 16.5. The summed E-state index contributed by atoms with van der Waals surface area (Å²) in [6.45, 7) is 3.81. The fourth-order valence-corrected chi connectivity index (χ4v) is 4.34. The third-order valence-corrected chi connectivity index (χ3v) is 6.21. The van der Waals surface area contributed by atoms with E-state index in [0.29, 0.717) is 19.5 Å². The van der Waals surface area contributed by atoms with E-state index in [1.54, 1.807) is 11.2 Å². The van der Waals surface area contributed by atoms with Gasteiger partial charge in [-0.25, -0.2) is 0 Å². The van der Waals surface area contributed by atoms with Crippen LogP contribution in [-0.4, -0.2) is 53.5 Å². The van der Waals surface area contributed by atoms with E-state index in [-0.39, 0.29) is 36.4 Å². The van der Waals surface area contributed by atoms with Crippen LogP contribution < -0.4 is 0 Å². The molecule has 0 spiro atoms. The van der Waals surface area contributed by atoms with Crippen molar-refractivity contribution in [3.8, 4) is 0 Å². The SMILES string of the molecule is CCC(C(=O)N(CC(=O)N(Cc1ccco1)CC1CCCO1)C1CC1)c1ccccc1. The van der Waals surface area contributed by atoms with Crippen molar-refractivity contribution in [3.05, 3.63) is 60.1 Å². The lowest BCUT2D eigenvalue weighted by molar-refractivity contribution is -0.143. The third-order valence-electron chi connectivity index (χ3n) is 6.21. The molecule has 0 radical (unpaired) electrons. The standard InChI is InChI=1S/C25H32N2O4/c1-2-23(19-8-4-3-5-9-19)25(29)27(20-12-13-20)18-24(28)26(16-21-10-6-14-30-21)17-22-11-7-15-31-22/h3-6,8-10,14,20,22-23H,2,7,11-13,15-18H2,1H3. The summed E-state index contributed by atoms with van der Waals surface area (Å²) in [4.78, 5) is 30.5. The Morgan fingerprint density at radius 1 is 1.10 bits per heavy atom. The van der Waals surface area contributed by atoms with Crippen molar-refractivity contribution in [2.75, 3.05) is 19.7 Å². The second-order valence-electron chi connectivity index (χ2n) is 8.56. The minimum atomic E-state index is -0.216. The molecule has 1 aromatic heterocycles. The van der Waals surface area contributed by atoms with Gasteiger partial charge in [0.05, 0.1) is 24.8 Å². The van der Waals surface area contributed by atoms with E-state index in [1.165, 1.54) is 0 Å². The average Bonchev–Trinajstić information content (AvgIpc) is 3.24. The summed E-state index contributed by atoms with van der Waals surface area (Å²) in [5.74, 6) is 0.535. The molecule has 2 atom stereocenters. The Balaban J connectivity index is 1.48. The van der Waals surface area contributed by atoms with Crippen LogP contribution in [0.2, 0.25) is 0 Å². The number of amides is 2. The minimum Gasteiger partial charge on any atom is -0.467 e. The van der Waals surface area contributed by atoms with Crippen LogP contribution >= 0.6 is 0 Å². The molecule has 2 aromatic rings. The van der Waals surface area contributed by atoms with E-state index in [1.807, 2.05) is 54.3 Å². The first-order chi connectivity index (χ1) is 15.2. The first kappa shape index (κ1) is 21.6. The summed E-state index contributed by atoms with van der Waals surface area (Å²) in [5, 5.41) is 0. The third kappa shape index (κ3) is 5.56. The summed E-state index contributed by atoms with van der Waals surface area (Å²) in [5.41, 5.74) is 1.01. The summed E-state index contributed by atoms with van der Waals surface area (Å²) < 4.78 is 11.3. The molecule has 0 bridgehead atoms. The van der Waals surface area contributed by atoms with Gasteiger partial charge in [-0.05, 0) is 49.8 Å². The molecule has 1 aliphatic carbocycles. The van der Waals surface area contributed by atoms with Crippen molar-refractivity contribution in [1.29, 1.82) is 0 Å². The normalized spacial score (nSPS) is 19.2. The molecule has 2 fully saturated rings. The summed E-state index contributed by atoms with van der Waals surface area (Å²) in [6.07, 6.45) is 6.30. The summed E-state index contributed by atoms with van der Waals surface area (Å²) in [7, 11) is 0.